The van der Waals surface area contributed by atoms with E-state index in [9.17, 15) is 4.79 Å². The maximum Gasteiger partial charge on any atom is 0.195 e. The molecule has 0 spiro atoms. The minimum absolute atomic E-state index is 0.159. The molecule has 258 valence electrons. The lowest BCUT2D eigenvalue weighted by atomic mass is 10.0. The number of hydrogen-bond acceptors (Lipinski definition) is 11. The van der Waals surface area contributed by atoms with Crippen molar-refractivity contribution in [1.82, 2.24) is 29.9 Å². The van der Waals surface area contributed by atoms with E-state index in [2.05, 4.69) is 57.8 Å². The fourth-order valence-electron chi connectivity index (χ4n) is 5.89. The van der Waals surface area contributed by atoms with Crippen molar-refractivity contribution in [3.05, 3.63) is 169 Å². The molecule has 0 fully saturated rings. The van der Waals surface area contributed by atoms with Crippen molar-refractivity contribution in [2.45, 2.75) is 13.1 Å². The van der Waals surface area contributed by atoms with E-state index in [4.69, 9.17) is 5.21 Å². The van der Waals surface area contributed by atoms with Gasteiger partial charge in [0.15, 0.2) is 17.9 Å². The number of hydrogen-bond donors (Lipinski definition) is 3. The number of aromatic nitrogens is 6. The molecule has 0 amide bonds. The fraction of sp³-hybridized carbons (Fsp3) is 0.0476. The molecule has 8 rings (SSSR count). The van der Waals surface area contributed by atoms with Crippen LogP contribution in [0.2, 0.25) is 0 Å². The Morgan fingerprint density at radius 2 is 1.00 bits per heavy atom. The molecule has 53 heavy (non-hydrogen) atoms. The third-order valence-corrected chi connectivity index (χ3v) is 8.26. The van der Waals surface area contributed by atoms with Gasteiger partial charge in [0.25, 0.3) is 0 Å². The number of fused-ring (bicyclic) bond motifs is 2. The molecule has 0 saturated heterocycles. The van der Waals surface area contributed by atoms with Crippen molar-refractivity contribution in [3.8, 4) is 22.3 Å². The lowest BCUT2D eigenvalue weighted by molar-refractivity contribution is 0.111. The zero-order chi connectivity index (χ0) is 36.2. The van der Waals surface area contributed by atoms with Crippen molar-refractivity contribution >= 4 is 45.9 Å². The first-order valence-electron chi connectivity index (χ1n) is 16.8. The van der Waals surface area contributed by atoms with Crippen molar-refractivity contribution in [2.24, 2.45) is 5.16 Å². The van der Waals surface area contributed by atoms with Gasteiger partial charge in [0.2, 0.25) is 0 Å². The van der Waals surface area contributed by atoms with Crippen molar-refractivity contribution < 1.29 is 10.0 Å². The topological polar surface area (TPSA) is 151 Å². The number of rotatable bonds is 10. The molecule has 0 aliphatic carbocycles. The third-order valence-electron chi connectivity index (χ3n) is 8.26. The van der Waals surface area contributed by atoms with E-state index in [1.807, 2.05) is 121 Å². The smallest absolute Gasteiger partial charge is 0.195 e. The summed E-state index contributed by atoms with van der Waals surface area (Å²) in [6, 6.07) is 43.5. The van der Waals surface area contributed by atoms with Crippen molar-refractivity contribution in [2.75, 3.05) is 10.6 Å². The molecule has 11 nitrogen and oxygen atoms in total. The van der Waals surface area contributed by atoms with E-state index in [0.717, 1.165) is 55.4 Å². The number of oxime groups is 1. The second-order valence-corrected chi connectivity index (χ2v) is 11.7. The van der Waals surface area contributed by atoms with Gasteiger partial charge < -0.3 is 15.8 Å². The van der Waals surface area contributed by atoms with Gasteiger partial charge in [-0.25, -0.2) is 19.9 Å². The Morgan fingerprint density at radius 1 is 0.528 bits per heavy atom. The molecule has 3 N–H and O–H groups in total. The Morgan fingerprint density at radius 3 is 1.45 bits per heavy atom. The standard InChI is InChI=1S/C21H17N5O.C21H16N4O/c27-24-14-19-25-18-11-6-10-17(15-7-2-1-3-8-15)20(18)21(26-19)23-13-16-9-4-5-12-22-16;26-14-19-24-18-11-6-10-17(15-7-2-1-3-8-15)20(18)21(25-19)23-13-16-9-4-5-12-22-16/h1-12,14,27H,13H2,(H,23,25,26);1-12,14H,13H2,(H,23,24,25)/b24-14+;. The summed E-state index contributed by atoms with van der Waals surface area (Å²) in [6.07, 6.45) is 5.40. The highest BCUT2D eigenvalue weighted by Crippen LogP contribution is 2.34. The number of pyridine rings is 2. The van der Waals surface area contributed by atoms with Crippen LogP contribution in [0.1, 0.15) is 27.8 Å². The molecule has 0 atom stereocenters. The Kier molecular flexibility index (Phi) is 10.6. The summed E-state index contributed by atoms with van der Waals surface area (Å²) in [6.45, 7) is 1.03. The highest BCUT2D eigenvalue weighted by molar-refractivity contribution is 6.03. The maximum atomic E-state index is 11.3. The van der Waals surface area contributed by atoms with Crippen molar-refractivity contribution in [3.63, 3.8) is 0 Å². The molecule has 0 aliphatic heterocycles. The Hall–Kier alpha value is -7.40. The predicted molar refractivity (Wildman–Crippen MR) is 208 cm³/mol. The minimum atomic E-state index is 0.159. The number of carbonyl (C=O) groups excluding carboxylic acids is 1. The van der Waals surface area contributed by atoms with Gasteiger partial charge in [0.05, 0.1) is 46.3 Å². The molecular weight excluding hydrogens is 663 g/mol. The van der Waals surface area contributed by atoms with Gasteiger partial charge in [-0.3, -0.25) is 14.8 Å². The number of nitrogens with zero attached hydrogens (tertiary/aromatic N) is 7. The maximum absolute atomic E-state index is 11.3. The van der Waals surface area contributed by atoms with Crippen LogP contribution in [-0.4, -0.2) is 47.6 Å². The summed E-state index contributed by atoms with van der Waals surface area (Å²) in [5.41, 5.74) is 7.49. The normalized spacial score (nSPS) is 10.9. The molecule has 4 aromatic heterocycles. The zero-order valence-electron chi connectivity index (χ0n) is 28.4. The first-order valence-corrected chi connectivity index (χ1v) is 16.8. The molecular formula is C42H33N9O2. The van der Waals surface area contributed by atoms with Crippen LogP contribution in [0, 0.1) is 0 Å². The summed E-state index contributed by atoms with van der Waals surface area (Å²) in [5, 5.41) is 20.4. The molecule has 8 aromatic rings. The number of nitrogens with one attached hydrogen (secondary N) is 2. The quantitative estimate of drug-likeness (QED) is 0.0552. The van der Waals surface area contributed by atoms with Crippen LogP contribution < -0.4 is 10.6 Å². The summed E-state index contributed by atoms with van der Waals surface area (Å²) >= 11 is 0. The molecule has 4 heterocycles. The minimum Gasteiger partial charge on any atom is -0.411 e. The average Bonchev–Trinajstić information content (AvgIpc) is 3.23. The summed E-state index contributed by atoms with van der Waals surface area (Å²) in [4.78, 5) is 37.7. The molecule has 0 unspecified atom stereocenters. The number of aldehydes is 1. The van der Waals surface area contributed by atoms with Crippen LogP contribution in [0.3, 0.4) is 0 Å². The van der Waals surface area contributed by atoms with E-state index in [1.165, 1.54) is 6.21 Å². The van der Waals surface area contributed by atoms with Crippen LogP contribution in [0.4, 0.5) is 11.6 Å². The number of benzene rings is 4. The van der Waals surface area contributed by atoms with Crippen molar-refractivity contribution in [1.29, 1.82) is 0 Å². The first kappa shape index (κ1) is 34.1. The van der Waals surface area contributed by atoms with Gasteiger partial charge in [-0.05, 0) is 58.7 Å². The van der Waals surface area contributed by atoms with E-state index in [0.29, 0.717) is 36.8 Å². The van der Waals surface area contributed by atoms with Gasteiger partial charge in [-0.2, -0.15) is 0 Å². The largest absolute Gasteiger partial charge is 0.411 e. The van der Waals surface area contributed by atoms with E-state index in [1.54, 1.807) is 12.4 Å². The molecule has 11 heteroatoms. The van der Waals surface area contributed by atoms with E-state index < -0.39 is 0 Å². The van der Waals surface area contributed by atoms with Crippen LogP contribution in [0.5, 0.6) is 0 Å². The van der Waals surface area contributed by atoms with Gasteiger partial charge in [-0.1, -0.05) is 102 Å². The average molecular weight is 696 g/mol. The van der Waals surface area contributed by atoms with Gasteiger partial charge in [-0.15, -0.1) is 0 Å². The van der Waals surface area contributed by atoms with Gasteiger partial charge in [0, 0.05) is 12.4 Å². The number of anilines is 2. The van der Waals surface area contributed by atoms with Gasteiger partial charge >= 0.3 is 0 Å². The van der Waals surface area contributed by atoms with Crippen LogP contribution in [0.15, 0.2) is 151 Å². The lowest BCUT2D eigenvalue weighted by Gasteiger charge is -2.13. The summed E-state index contributed by atoms with van der Waals surface area (Å²) in [5.74, 6) is 1.78. The lowest BCUT2D eigenvalue weighted by Crippen LogP contribution is -2.07. The third kappa shape index (κ3) is 8.16. The molecule has 0 bridgehead atoms. The highest BCUT2D eigenvalue weighted by atomic mass is 16.4. The van der Waals surface area contributed by atoms with E-state index in [-0.39, 0.29) is 5.82 Å². The molecule has 0 aliphatic rings. The van der Waals surface area contributed by atoms with E-state index >= 15 is 0 Å². The number of carbonyl (C=O) groups is 1. The second-order valence-electron chi connectivity index (χ2n) is 11.7. The predicted octanol–water partition coefficient (Wildman–Crippen LogP) is 8.23. The van der Waals surface area contributed by atoms with Crippen LogP contribution in [-0.2, 0) is 13.1 Å². The van der Waals surface area contributed by atoms with Gasteiger partial charge in [0.1, 0.15) is 17.9 Å². The summed E-state index contributed by atoms with van der Waals surface area (Å²) < 4.78 is 0. The Bertz CT molecular complexity index is 2480. The summed E-state index contributed by atoms with van der Waals surface area (Å²) in [7, 11) is 0. The zero-order valence-corrected chi connectivity index (χ0v) is 28.4. The second kappa shape index (κ2) is 16.5. The molecule has 0 saturated carbocycles. The Balaban J connectivity index is 0.000000164. The highest BCUT2D eigenvalue weighted by Gasteiger charge is 2.14. The fourth-order valence-corrected chi connectivity index (χ4v) is 5.89. The first-order chi connectivity index (χ1) is 26.2. The molecule has 0 radical (unpaired) electrons. The Labute approximate surface area is 305 Å². The monoisotopic (exact) mass is 695 g/mol. The molecule has 4 aromatic carbocycles. The van der Waals surface area contributed by atoms with Crippen LogP contribution in [0.25, 0.3) is 44.1 Å². The van der Waals surface area contributed by atoms with Crippen LogP contribution >= 0.6 is 0 Å². The SMILES string of the molecule is O/N=C/c1nc(NCc2ccccn2)c2c(-c3ccccc3)cccc2n1.O=Cc1nc(NCc2ccccn2)c2c(-c3ccccc3)cccc2n1.